The second-order valence-electron chi connectivity index (χ2n) is 6.71. The molecular formula is C15H26N4O3. The lowest BCUT2D eigenvalue weighted by Crippen LogP contribution is -2.49. The number of nitrogens with zero attached hydrogens (tertiary/aromatic N) is 4. The highest BCUT2D eigenvalue weighted by Gasteiger charge is 2.49. The highest BCUT2D eigenvalue weighted by molar-refractivity contribution is 5.89. The van der Waals surface area contributed by atoms with Crippen LogP contribution in [0, 0.1) is 5.41 Å². The second-order valence-corrected chi connectivity index (χ2v) is 6.71. The van der Waals surface area contributed by atoms with E-state index >= 15 is 0 Å². The number of carbonyl (C=O) groups is 3. The summed E-state index contributed by atoms with van der Waals surface area (Å²) in [5.41, 5.74) is -0.365. The number of amides is 4. The Labute approximate surface area is 131 Å². The van der Waals surface area contributed by atoms with Crippen LogP contribution in [0.25, 0.3) is 0 Å². The van der Waals surface area contributed by atoms with Gasteiger partial charge in [0.05, 0.1) is 12.0 Å². The van der Waals surface area contributed by atoms with Crippen LogP contribution in [0.15, 0.2) is 0 Å². The number of rotatable bonds is 2. The summed E-state index contributed by atoms with van der Waals surface area (Å²) in [5, 5.41) is 0. The van der Waals surface area contributed by atoms with Crippen molar-refractivity contribution in [3.63, 3.8) is 0 Å². The van der Waals surface area contributed by atoms with E-state index in [0.717, 1.165) is 6.42 Å². The number of piperidine rings is 1. The summed E-state index contributed by atoms with van der Waals surface area (Å²) in [6.45, 7) is 2.02. The fraction of sp³-hybridized carbons (Fsp3) is 0.800. The van der Waals surface area contributed by atoms with E-state index in [1.807, 2.05) is 0 Å². The first-order valence-electron chi connectivity index (χ1n) is 7.72. The Hall–Kier alpha value is -1.79. The highest BCUT2D eigenvalue weighted by atomic mass is 16.2. The number of hydrogen-bond donors (Lipinski definition) is 0. The van der Waals surface area contributed by atoms with Crippen molar-refractivity contribution in [2.24, 2.45) is 5.41 Å². The first-order chi connectivity index (χ1) is 10.3. The van der Waals surface area contributed by atoms with E-state index < -0.39 is 0 Å². The van der Waals surface area contributed by atoms with Gasteiger partial charge >= 0.3 is 6.03 Å². The third-order valence-electron chi connectivity index (χ3n) is 4.80. The quantitative estimate of drug-likeness (QED) is 0.725. The number of hydrogen-bond acceptors (Lipinski definition) is 3. The van der Waals surface area contributed by atoms with Crippen LogP contribution < -0.4 is 0 Å². The Kier molecular flexibility index (Phi) is 4.63. The first kappa shape index (κ1) is 16.6. The minimum atomic E-state index is -0.365. The largest absolute Gasteiger partial charge is 0.347 e. The molecule has 0 aromatic carbocycles. The average molecular weight is 310 g/mol. The minimum Gasteiger partial charge on any atom is -0.347 e. The molecule has 7 nitrogen and oxygen atoms in total. The summed E-state index contributed by atoms with van der Waals surface area (Å²) >= 11 is 0. The molecule has 0 aromatic heterocycles. The summed E-state index contributed by atoms with van der Waals surface area (Å²) in [6, 6.07) is -0.0000578. The smallest absolute Gasteiger partial charge is 0.319 e. The molecule has 0 bridgehead atoms. The molecule has 1 spiro atoms. The summed E-state index contributed by atoms with van der Waals surface area (Å²) in [7, 11) is 6.87. The highest BCUT2D eigenvalue weighted by Crippen LogP contribution is 2.41. The van der Waals surface area contributed by atoms with Gasteiger partial charge in [-0.15, -0.1) is 0 Å². The molecule has 0 radical (unpaired) electrons. The third kappa shape index (κ3) is 3.03. The second kappa shape index (κ2) is 6.14. The monoisotopic (exact) mass is 310 g/mol. The predicted molar refractivity (Wildman–Crippen MR) is 82.2 cm³/mol. The molecule has 0 saturated carbocycles. The van der Waals surface area contributed by atoms with Crippen LogP contribution in [0.3, 0.4) is 0 Å². The maximum absolute atomic E-state index is 12.7. The van der Waals surface area contributed by atoms with Crippen molar-refractivity contribution in [1.29, 1.82) is 0 Å². The molecule has 0 N–H and O–H groups in total. The van der Waals surface area contributed by atoms with Gasteiger partial charge in [0.1, 0.15) is 0 Å². The van der Waals surface area contributed by atoms with Crippen LogP contribution in [-0.4, -0.2) is 91.8 Å². The maximum Gasteiger partial charge on any atom is 0.319 e. The van der Waals surface area contributed by atoms with Crippen molar-refractivity contribution < 1.29 is 14.4 Å². The van der Waals surface area contributed by atoms with Gasteiger partial charge in [0, 0.05) is 47.8 Å². The summed E-state index contributed by atoms with van der Waals surface area (Å²) in [6.07, 6.45) is 2.17. The molecule has 0 atom stereocenters. The molecule has 2 heterocycles. The van der Waals surface area contributed by atoms with E-state index in [1.54, 1.807) is 42.9 Å². The number of carbonyl (C=O) groups excluding carboxylic acids is 3. The Morgan fingerprint density at radius 2 is 1.55 bits per heavy atom. The van der Waals surface area contributed by atoms with Gasteiger partial charge in [-0.05, 0) is 19.3 Å². The molecule has 4 amide bonds. The fourth-order valence-corrected chi connectivity index (χ4v) is 3.22. The van der Waals surface area contributed by atoms with Crippen LogP contribution in [0.2, 0.25) is 0 Å². The molecule has 7 heteroatoms. The minimum absolute atomic E-state index is 0.0000578. The van der Waals surface area contributed by atoms with E-state index in [4.69, 9.17) is 0 Å². The average Bonchev–Trinajstić information content (AvgIpc) is 2.77. The number of urea groups is 1. The lowest BCUT2D eigenvalue weighted by molar-refractivity contribution is -0.142. The molecule has 2 saturated heterocycles. The van der Waals surface area contributed by atoms with Crippen LogP contribution >= 0.6 is 0 Å². The molecule has 2 aliphatic heterocycles. The maximum atomic E-state index is 12.7. The van der Waals surface area contributed by atoms with Crippen LogP contribution in [0.1, 0.15) is 19.3 Å². The van der Waals surface area contributed by atoms with Gasteiger partial charge in [0.2, 0.25) is 11.8 Å². The molecule has 2 fully saturated rings. The molecule has 2 aliphatic rings. The van der Waals surface area contributed by atoms with E-state index in [-0.39, 0.29) is 29.8 Å². The number of likely N-dealkylation sites (tertiary alicyclic amines) is 2. The van der Waals surface area contributed by atoms with Crippen molar-refractivity contribution in [2.75, 3.05) is 54.4 Å². The lowest BCUT2D eigenvalue weighted by atomic mass is 9.77. The summed E-state index contributed by atoms with van der Waals surface area (Å²) in [4.78, 5) is 43.0. The molecular weight excluding hydrogens is 284 g/mol. The van der Waals surface area contributed by atoms with Gasteiger partial charge in [-0.2, -0.15) is 0 Å². The van der Waals surface area contributed by atoms with Gasteiger partial charge in [-0.3, -0.25) is 9.59 Å². The molecule has 124 valence electrons. The van der Waals surface area contributed by atoms with E-state index in [0.29, 0.717) is 32.5 Å². The van der Waals surface area contributed by atoms with Gasteiger partial charge in [0.15, 0.2) is 0 Å². The third-order valence-corrected chi connectivity index (χ3v) is 4.80. The lowest BCUT2D eigenvalue weighted by Gasteiger charge is -2.38. The van der Waals surface area contributed by atoms with Crippen molar-refractivity contribution >= 4 is 17.8 Å². The normalized spacial score (nSPS) is 20.5. The van der Waals surface area contributed by atoms with Gasteiger partial charge in [0.25, 0.3) is 0 Å². The van der Waals surface area contributed by atoms with E-state index in [2.05, 4.69) is 0 Å². The Bertz CT molecular complexity index is 467. The first-order valence-corrected chi connectivity index (χ1v) is 7.72. The van der Waals surface area contributed by atoms with Crippen LogP contribution in [0.5, 0.6) is 0 Å². The van der Waals surface area contributed by atoms with Gasteiger partial charge < -0.3 is 19.6 Å². The van der Waals surface area contributed by atoms with Gasteiger partial charge in [-0.1, -0.05) is 0 Å². The van der Waals surface area contributed by atoms with Crippen LogP contribution in [-0.2, 0) is 9.59 Å². The Morgan fingerprint density at radius 1 is 1.00 bits per heavy atom. The van der Waals surface area contributed by atoms with Crippen LogP contribution in [0.4, 0.5) is 4.79 Å². The molecule has 22 heavy (non-hydrogen) atoms. The summed E-state index contributed by atoms with van der Waals surface area (Å²) in [5.74, 6) is 0.0327. The zero-order valence-electron chi connectivity index (χ0n) is 14.0. The van der Waals surface area contributed by atoms with E-state index in [9.17, 15) is 14.4 Å². The predicted octanol–water partition coefficient (Wildman–Crippen LogP) is 0.0707. The zero-order valence-corrected chi connectivity index (χ0v) is 14.0. The fourth-order valence-electron chi connectivity index (χ4n) is 3.22. The SMILES string of the molecule is CN(C)C(=O)CN1CCC2(CCN(C(=O)N(C)C)CC2)C1=O. The van der Waals surface area contributed by atoms with E-state index in [1.165, 1.54) is 4.90 Å². The van der Waals surface area contributed by atoms with Crippen molar-refractivity contribution in [3.8, 4) is 0 Å². The topological polar surface area (TPSA) is 64.2 Å². The summed E-state index contributed by atoms with van der Waals surface area (Å²) < 4.78 is 0. The van der Waals surface area contributed by atoms with Crippen molar-refractivity contribution in [2.45, 2.75) is 19.3 Å². The Morgan fingerprint density at radius 3 is 2.05 bits per heavy atom. The standard InChI is InChI=1S/C15H26N4O3/c1-16(2)12(20)11-19-10-7-15(13(19)21)5-8-18(9-6-15)14(22)17(3)4/h5-11H2,1-4H3. The Balaban J connectivity index is 1.96. The molecule has 0 aromatic rings. The number of likely N-dealkylation sites (N-methyl/N-ethyl adjacent to an activating group) is 1. The molecule has 2 rings (SSSR count). The molecule has 0 aliphatic carbocycles. The van der Waals surface area contributed by atoms with Crippen molar-refractivity contribution in [1.82, 2.24) is 19.6 Å². The van der Waals surface area contributed by atoms with Gasteiger partial charge in [-0.25, -0.2) is 4.79 Å². The zero-order chi connectivity index (χ0) is 16.5. The molecule has 0 unspecified atom stereocenters. The van der Waals surface area contributed by atoms with Crippen molar-refractivity contribution in [3.05, 3.63) is 0 Å².